The Bertz CT molecular complexity index is 1550. The summed E-state index contributed by atoms with van der Waals surface area (Å²) in [6, 6.07) is 10.1. The first-order valence-corrected chi connectivity index (χ1v) is 16.7. The van der Waals surface area contributed by atoms with Crippen LogP contribution in [0.1, 0.15) is 57.9 Å². The number of alkyl halides is 5. The van der Waals surface area contributed by atoms with Crippen molar-refractivity contribution >= 4 is 41.3 Å². The maximum atomic E-state index is 14.7. The summed E-state index contributed by atoms with van der Waals surface area (Å²) in [7, 11) is 1.45. The molecule has 0 aromatic heterocycles. The van der Waals surface area contributed by atoms with E-state index in [1.54, 1.807) is 37.8 Å². The monoisotopic (exact) mass is 716 g/mol. The molecule has 2 fully saturated rings. The minimum atomic E-state index is -4.57. The Hall–Kier alpha value is -3.79. The fraction of sp³-hybridized carbons (Fsp3) is 0.545. The number of amides is 3. The van der Waals surface area contributed by atoms with Gasteiger partial charge in [0.1, 0.15) is 5.60 Å². The number of rotatable bonds is 10. The van der Waals surface area contributed by atoms with Crippen LogP contribution in [0.15, 0.2) is 42.5 Å². The number of hydrogen-bond acceptors (Lipinski definition) is 7. The average molecular weight is 717 g/mol. The van der Waals surface area contributed by atoms with Gasteiger partial charge in [-0.2, -0.15) is 8.78 Å². The molecule has 268 valence electrons. The average Bonchev–Trinajstić information content (AvgIpc) is 3.86. The third-order valence-electron chi connectivity index (χ3n) is 8.25. The van der Waals surface area contributed by atoms with E-state index in [1.807, 2.05) is 0 Å². The van der Waals surface area contributed by atoms with E-state index in [0.29, 0.717) is 30.5 Å². The molecule has 1 aliphatic carbocycles. The summed E-state index contributed by atoms with van der Waals surface area (Å²) >= 11 is -1.20. The number of carbonyl (C=O) groups is 3. The molecule has 1 saturated heterocycles. The first kappa shape index (κ1) is 36.5. The first-order valence-electron chi connectivity index (χ1n) is 15.9. The number of methoxy groups -OCH3 is 1. The van der Waals surface area contributed by atoms with E-state index in [1.165, 1.54) is 42.3 Å². The van der Waals surface area contributed by atoms with E-state index in [4.69, 9.17) is 18.4 Å². The zero-order valence-corrected chi connectivity index (χ0v) is 28.4. The fourth-order valence-electron chi connectivity index (χ4n) is 6.02. The van der Waals surface area contributed by atoms with Crippen LogP contribution in [0.25, 0.3) is 0 Å². The molecule has 1 saturated carbocycles. The van der Waals surface area contributed by atoms with Gasteiger partial charge < -0.3 is 28.9 Å². The molecule has 10 nitrogen and oxygen atoms in total. The normalized spacial score (nSPS) is 20.7. The molecule has 2 aromatic carbocycles. The third-order valence-corrected chi connectivity index (χ3v) is 8.76. The molecule has 0 N–H and O–H groups in total. The van der Waals surface area contributed by atoms with Gasteiger partial charge in [-0.25, -0.2) is 4.79 Å². The van der Waals surface area contributed by atoms with Gasteiger partial charge in [0.05, 0.1) is 11.6 Å². The number of halogens is 5. The second-order valence-electron chi connectivity index (χ2n) is 13.2. The van der Waals surface area contributed by atoms with E-state index < -0.39 is 53.1 Å². The number of ether oxygens (including phenoxy) is 3. The highest BCUT2D eigenvalue weighted by Crippen LogP contribution is 2.45. The fourth-order valence-corrected chi connectivity index (χ4v) is 6.34. The van der Waals surface area contributed by atoms with Gasteiger partial charge in [-0.1, -0.05) is 12.1 Å². The Kier molecular flexibility index (Phi) is 10.6. The van der Waals surface area contributed by atoms with Gasteiger partial charge in [-0.3, -0.25) is 13.8 Å². The SMILES string of the molecule is COCCCN1C(=O)C(F)(F)Oc2ccc(N(C(=O)[C@H]3CN(C(=O)OC(C)(C)C)CC[C@@H]3c3cccc(O[SH+]C(F)(F)F)c3)C3CC3)cc21. The lowest BCUT2D eigenvalue weighted by molar-refractivity contribution is -0.192. The largest absolute Gasteiger partial charge is 0.615 e. The molecule has 2 aromatic rings. The van der Waals surface area contributed by atoms with Crippen LogP contribution in [0.4, 0.5) is 38.1 Å². The molecule has 2 aliphatic heterocycles. The van der Waals surface area contributed by atoms with Gasteiger partial charge >= 0.3 is 23.6 Å². The number of anilines is 2. The summed E-state index contributed by atoms with van der Waals surface area (Å²) < 4.78 is 88.1. The van der Waals surface area contributed by atoms with Crippen molar-refractivity contribution < 1.29 is 54.7 Å². The topological polar surface area (TPSA) is 97.9 Å². The maximum Gasteiger partial charge on any atom is 0.615 e. The Morgan fingerprint density at radius 3 is 2.47 bits per heavy atom. The number of fused-ring (bicyclic) bond motifs is 1. The van der Waals surface area contributed by atoms with E-state index >= 15 is 0 Å². The summed E-state index contributed by atoms with van der Waals surface area (Å²) in [5.41, 5.74) is -4.39. The lowest BCUT2D eigenvalue weighted by Crippen LogP contribution is -2.52. The molecule has 3 amide bonds. The quantitative estimate of drug-likeness (QED) is 0.125. The van der Waals surface area contributed by atoms with Gasteiger partial charge in [-0.05, 0) is 88.3 Å². The minimum Gasteiger partial charge on any atom is -0.444 e. The molecular formula is C33H39F5N3O7S+. The summed E-state index contributed by atoms with van der Waals surface area (Å²) in [4.78, 5) is 44.5. The summed E-state index contributed by atoms with van der Waals surface area (Å²) in [5, 5.41) is 0. The molecule has 5 rings (SSSR count). The Labute approximate surface area is 285 Å². The van der Waals surface area contributed by atoms with Crippen LogP contribution in [0.2, 0.25) is 0 Å². The molecule has 49 heavy (non-hydrogen) atoms. The molecular weight excluding hydrogens is 677 g/mol. The van der Waals surface area contributed by atoms with Crippen LogP contribution >= 0.6 is 0 Å². The van der Waals surface area contributed by atoms with Crippen molar-refractivity contribution in [1.82, 2.24) is 4.90 Å². The number of nitrogens with zero attached hydrogens (tertiary/aromatic N) is 3. The van der Waals surface area contributed by atoms with Crippen LogP contribution in [-0.2, 0) is 31.1 Å². The molecule has 3 aliphatic rings. The van der Waals surface area contributed by atoms with Crippen molar-refractivity contribution in [3.8, 4) is 11.5 Å². The maximum absolute atomic E-state index is 14.7. The van der Waals surface area contributed by atoms with E-state index in [9.17, 15) is 36.3 Å². The van der Waals surface area contributed by atoms with Crippen LogP contribution in [0.5, 0.6) is 11.5 Å². The van der Waals surface area contributed by atoms with Crippen molar-refractivity contribution in [2.75, 3.05) is 43.2 Å². The smallest absolute Gasteiger partial charge is 0.444 e. The highest BCUT2D eigenvalue weighted by molar-refractivity contribution is 7.74. The van der Waals surface area contributed by atoms with Gasteiger partial charge in [0, 0.05) is 45.1 Å². The van der Waals surface area contributed by atoms with Gasteiger partial charge in [-0.15, -0.1) is 13.2 Å². The lowest BCUT2D eigenvalue weighted by atomic mass is 9.79. The van der Waals surface area contributed by atoms with Crippen molar-refractivity contribution in [3.05, 3.63) is 48.0 Å². The number of piperidine rings is 1. The molecule has 0 unspecified atom stereocenters. The van der Waals surface area contributed by atoms with Crippen molar-refractivity contribution in [3.63, 3.8) is 0 Å². The van der Waals surface area contributed by atoms with Crippen LogP contribution in [-0.4, -0.2) is 79.4 Å². The summed E-state index contributed by atoms with van der Waals surface area (Å²) in [5.74, 6) is -3.56. The molecule has 2 atom stereocenters. The molecule has 0 bridgehead atoms. The molecule has 0 spiro atoms. The summed E-state index contributed by atoms with van der Waals surface area (Å²) in [6.07, 6.45) is -2.82. The Balaban J connectivity index is 1.50. The van der Waals surface area contributed by atoms with E-state index in [2.05, 4.69) is 0 Å². The standard InChI is InChI=1S/C33H38F5N3O7S/c1-31(2,3)47-30(44)39-15-13-24(20-7-5-8-23(17-20)48-49-33(36,37)38)25(19-39)28(42)41(21-9-10-21)22-11-12-27-26(18-22)40(14-6-16-45-4)29(43)32(34,35)46-27/h5,7-8,11-12,17-18,21,24-25H,6,9-10,13-16,19H2,1-4H3/p+1/t24-,25+/m1/s1. The minimum absolute atomic E-state index is 0.0268. The van der Waals surface area contributed by atoms with Gasteiger partial charge in [0.15, 0.2) is 11.5 Å². The predicted molar refractivity (Wildman–Crippen MR) is 172 cm³/mol. The summed E-state index contributed by atoms with van der Waals surface area (Å²) in [6.45, 7) is 5.48. The lowest BCUT2D eigenvalue weighted by Gasteiger charge is -2.41. The number of benzene rings is 2. The van der Waals surface area contributed by atoms with Gasteiger partial charge in [0.25, 0.3) is 12.0 Å². The van der Waals surface area contributed by atoms with Crippen molar-refractivity contribution in [2.24, 2.45) is 5.92 Å². The van der Waals surface area contributed by atoms with Gasteiger partial charge in [0.2, 0.25) is 5.91 Å². The first-order chi connectivity index (χ1) is 23.0. The zero-order valence-electron chi connectivity index (χ0n) is 27.5. The third kappa shape index (κ3) is 8.87. The zero-order chi connectivity index (χ0) is 35.7. The van der Waals surface area contributed by atoms with E-state index in [-0.39, 0.29) is 61.8 Å². The van der Waals surface area contributed by atoms with Crippen LogP contribution < -0.4 is 18.7 Å². The van der Waals surface area contributed by atoms with Crippen LogP contribution in [0, 0.1) is 5.92 Å². The number of carbonyl (C=O) groups excluding carboxylic acids is 3. The second-order valence-corrected chi connectivity index (χ2v) is 14.0. The van der Waals surface area contributed by atoms with Crippen molar-refractivity contribution in [2.45, 2.75) is 75.6 Å². The number of thiol groups is 1. The van der Waals surface area contributed by atoms with Crippen LogP contribution in [0.3, 0.4) is 0 Å². The Morgan fingerprint density at radius 1 is 1.08 bits per heavy atom. The van der Waals surface area contributed by atoms with E-state index in [0.717, 1.165) is 4.90 Å². The van der Waals surface area contributed by atoms with Crippen molar-refractivity contribution in [1.29, 1.82) is 0 Å². The highest BCUT2D eigenvalue weighted by Gasteiger charge is 2.51. The molecule has 2 heterocycles. The molecule has 0 radical (unpaired) electrons. The highest BCUT2D eigenvalue weighted by atomic mass is 32.2. The Morgan fingerprint density at radius 2 is 1.82 bits per heavy atom. The number of likely N-dealkylation sites (tertiary alicyclic amines) is 1. The molecule has 16 heteroatoms. The predicted octanol–water partition coefficient (Wildman–Crippen LogP) is 6.21. The number of hydrogen-bond donors (Lipinski definition) is 0. The second kappa shape index (κ2) is 14.2.